The summed E-state index contributed by atoms with van der Waals surface area (Å²) in [4.78, 5) is 29.4. The molecule has 0 unspecified atom stereocenters. The van der Waals surface area contributed by atoms with E-state index in [0.29, 0.717) is 28.1 Å². The van der Waals surface area contributed by atoms with Crippen LogP contribution in [0.5, 0.6) is 11.5 Å². The minimum Gasteiger partial charge on any atom is -0.454 e. The van der Waals surface area contributed by atoms with Crippen molar-refractivity contribution < 1.29 is 14.3 Å². The monoisotopic (exact) mass is 355 g/mol. The zero-order valence-electron chi connectivity index (χ0n) is 14.5. The van der Waals surface area contributed by atoms with E-state index in [1.54, 1.807) is 22.9 Å². The molecule has 26 heavy (non-hydrogen) atoms. The van der Waals surface area contributed by atoms with Gasteiger partial charge in [-0.2, -0.15) is 5.10 Å². The number of hydrogen-bond donors (Lipinski definition) is 1. The van der Waals surface area contributed by atoms with Gasteiger partial charge in [0.05, 0.1) is 11.7 Å². The highest BCUT2D eigenvalue weighted by Gasteiger charge is 2.21. The Hall–Kier alpha value is -3.36. The van der Waals surface area contributed by atoms with E-state index in [0.717, 1.165) is 4.68 Å². The number of amides is 1. The molecule has 2 aromatic heterocycles. The molecule has 0 saturated carbocycles. The van der Waals surface area contributed by atoms with Crippen LogP contribution < -0.4 is 20.5 Å². The first-order chi connectivity index (χ1) is 12.3. The Balaban J connectivity index is 1.66. The highest BCUT2D eigenvalue weighted by atomic mass is 16.7. The van der Waals surface area contributed by atoms with Crippen molar-refractivity contribution in [3.63, 3.8) is 0 Å². The summed E-state index contributed by atoms with van der Waals surface area (Å²) >= 11 is 0. The molecule has 1 N–H and O–H groups in total. The van der Waals surface area contributed by atoms with Crippen molar-refractivity contribution in [1.29, 1.82) is 0 Å². The van der Waals surface area contributed by atoms with Gasteiger partial charge in [0.1, 0.15) is 11.7 Å². The molecule has 0 spiro atoms. The molecule has 0 saturated heterocycles. The highest BCUT2D eigenvalue weighted by Crippen LogP contribution is 2.32. The summed E-state index contributed by atoms with van der Waals surface area (Å²) in [5, 5.41) is 4.57. The summed E-state index contributed by atoms with van der Waals surface area (Å²) in [7, 11) is 0. The van der Waals surface area contributed by atoms with E-state index in [9.17, 15) is 9.59 Å². The fraction of sp³-hybridized carbons (Fsp3) is 0.294. The maximum Gasteiger partial charge on any atom is 0.283 e. The van der Waals surface area contributed by atoms with E-state index in [1.165, 1.54) is 12.5 Å². The molecule has 9 heteroatoms. The fourth-order valence-corrected chi connectivity index (χ4v) is 2.69. The molecule has 134 valence electrons. The molecular weight excluding hydrogens is 338 g/mol. The molecule has 0 fully saturated rings. The summed E-state index contributed by atoms with van der Waals surface area (Å²) in [6.45, 7) is 6.02. The summed E-state index contributed by atoms with van der Waals surface area (Å²) in [6.07, 6.45) is 2.73. The maximum absolute atomic E-state index is 12.6. The zero-order chi connectivity index (χ0) is 18.5. The van der Waals surface area contributed by atoms with Gasteiger partial charge in [0.2, 0.25) is 6.79 Å². The van der Waals surface area contributed by atoms with E-state index in [-0.39, 0.29) is 12.3 Å². The molecule has 0 aliphatic carbocycles. The standard InChI is InChI=1S/C17H17N5O4/c1-17(2,3)22-14-11(7-19-22)16(24)21(8-18-14)20-15(23)10-4-5-12-13(6-10)26-9-25-12/h4-8H,9H2,1-3H3,(H,20,23). The number of nitrogens with zero attached hydrogens (tertiary/aromatic N) is 4. The van der Waals surface area contributed by atoms with Gasteiger partial charge in [-0.3, -0.25) is 15.0 Å². The molecule has 0 atom stereocenters. The second-order valence-electron chi connectivity index (χ2n) is 6.89. The van der Waals surface area contributed by atoms with Crippen LogP contribution in [0, 0.1) is 0 Å². The summed E-state index contributed by atoms with van der Waals surface area (Å²) in [6, 6.07) is 4.80. The van der Waals surface area contributed by atoms with E-state index in [1.807, 2.05) is 20.8 Å². The number of benzene rings is 1. The Kier molecular flexibility index (Phi) is 3.46. The van der Waals surface area contributed by atoms with Crippen molar-refractivity contribution >= 4 is 16.9 Å². The second-order valence-corrected chi connectivity index (χ2v) is 6.89. The number of rotatable bonds is 2. The number of ether oxygens (including phenoxy) is 2. The van der Waals surface area contributed by atoms with Crippen LogP contribution in [0.25, 0.3) is 11.0 Å². The number of nitrogens with one attached hydrogen (secondary N) is 1. The number of carbonyl (C=O) groups is 1. The fourth-order valence-electron chi connectivity index (χ4n) is 2.69. The average molecular weight is 355 g/mol. The predicted molar refractivity (Wildman–Crippen MR) is 93.0 cm³/mol. The van der Waals surface area contributed by atoms with Crippen LogP contribution in [0.1, 0.15) is 31.1 Å². The molecule has 9 nitrogen and oxygen atoms in total. The first kappa shape index (κ1) is 16.1. The SMILES string of the molecule is CC(C)(C)n1ncc2c(=O)n(NC(=O)c3ccc4c(c3)OCO4)cnc21. The lowest BCUT2D eigenvalue weighted by Crippen LogP contribution is -2.33. The molecule has 4 rings (SSSR count). The van der Waals surface area contributed by atoms with Crippen LogP contribution in [0.2, 0.25) is 0 Å². The number of hydrogen-bond acceptors (Lipinski definition) is 6. The lowest BCUT2D eigenvalue weighted by Gasteiger charge is -2.19. The summed E-state index contributed by atoms with van der Waals surface area (Å²) in [5.74, 6) is 0.608. The lowest BCUT2D eigenvalue weighted by atomic mass is 10.1. The van der Waals surface area contributed by atoms with Crippen LogP contribution >= 0.6 is 0 Å². The van der Waals surface area contributed by atoms with Crippen LogP contribution in [-0.4, -0.2) is 32.1 Å². The predicted octanol–water partition coefficient (Wildman–Crippen LogP) is 1.46. The molecule has 1 aliphatic rings. The smallest absolute Gasteiger partial charge is 0.283 e. The Bertz CT molecular complexity index is 1080. The summed E-state index contributed by atoms with van der Waals surface area (Å²) < 4.78 is 13.2. The third-order valence-corrected chi connectivity index (χ3v) is 3.98. The van der Waals surface area contributed by atoms with Crippen LogP contribution in [0.4, 0.5) is 0 Å². The van der Waals surface area contributed by atoms with E-state index in [4.69, 9.17) is 9.47 Å². The normalized spacial score (nSPS) is 13.2. The molecule has 0 bridgehead atoms. The molecular formula is C17H17N5O4. The maximum atomic E-state index is 12.6. The van der Waals surface area contributed by atoms with Gasteiger partial charge >= 0.3 is 0 Å². The van der Waals surface area contributed by atoms with Crippen molar-refractivity contribution in [2.75, 3.05) is 12.2 Å². The number of fused-ring (bicyclic) bond motifs is 2. The van der Waals surface area contributed by atoms with Gasteiger partial charge in [-0.1, -0.05) is 0 Å². The van der Waals surface area contributed by atoms with Gasteiger partial charge in [0.15, 0.2) is 17.1 Å². The van der Waals surface area contributed by atoms with Crippen LogP contribution in [0.3, 0.4) is 0 Å². The number of carbonyl (C=O) groups excluding carboxylic acids is 1. The van der Waals surface area contributed by atoms with Crippen molar-refractivity contribution in [1.82, 2.24) is 19.4 Å². The van der Waals surface area contributed by atoms with Gasteiger partial charge in [0, 0.05) is 5.56 Å². The van der Waals surface area contributed by atoms with Crippen molar-refractivity contribution in [3.8, 4) is 11.5 Å². The topological polar surface area (TPSA) is 100 Å². The highest BCUT2D eigenvalue weighted by molar-refractivity contribution is 6.00. The lowest BCUT2D eigenvalue weighted by molar-refractivity contribution is 0.101. The van der Waals surface area contributed by atoms with Crippen molar-refractivity contribution in [3.05, 3.63) is 46.6 Å². The molecule has 3 aromatic rings. The van der Waals surface area contributed by atoms with Gasteiger partial charge < -0.3 is 9.47 Å². The minimum absolute atomic E-state index is 0.123. The Labute approximate surface area is 148 Å². The second kappa shape index (κ2) is 5.58. The Morgan fingerprint density at radius 2 is 2.00 bits per heavy atom. The molecule has 1 amide bonds. The third-order valence-electron chi connectivity index (χ3n) is 3.98. The van der Waals surface area contributed by atoms with Crippen molar-refractivity contribution in [2.45, 2.75) is 26.3 Å². The van der Waals surface area contributed by atoms with E-state index < -0.39 is 11.5 Å². The minimum atomic E-state index is -0.463. The first-order valence-electron chi connectivity index (χ1n) is 8.01. The Morgan fingerprint density at radius 3 is 2.77 bits per heavy atom. The first-order valence-corrected chi connectivity index (χ1v) is 8.01. The van der Waals surface area contributed by atoms with Crippen molar-refractivity contribution in [2.24, 2.45) is 0 Å². The van der Waals surface area contributed by atoms with Gasteiger partial charge in [-0.25, -0.2) is 14.3 Å². The van der Waals surface area contributed by atoms with Crippen LogP contribution in [0.15, 0.2) is 35.5 Å². The largest absolute Gasteiger partial charge is 0.454 e. The van der Waals surface area contributed by atoms with E-state index in [2.05, 4.69) is 15.5 Å². The quantitative estimate of drug-likeness (QED) is 0.747. The molecule has 3 heterocycles. The van der Waals surface area contributed by atoms with Gasteiger partial charge in [0.25, 0.3) is 11.5 Å². The van der Waals surface area contributed by atoms with Crippen LogP contribution in [-0.2, 0) is 5.54 Å². The molecule has 1 aromatic carbocycles. The molecule has 1 aliphatic heterocycles. The Morgan fingerprint density at radius 1 is 1.23 bits per heavy atom. The van der Waals surface area contributed by atoms with E-state index >= 15 is 0 Å². The van der Waals surface area contributed by atoms with Gasteiger partial charge in [-0.15, -0.1) is 0 Å². The summed E-state index contributed by atoms with van der Waals surface area (Å²) in [5.41, 5.74) is 2.62. The molecule has 0 radical (unpaired) electrons. The third kappa shape index (κ3) is 2.57. The van der Waals surface area contributed by atoms with Gasteiger partial charge in [-0.05, 0) is 39.0 Å². The number of aromatic nitrogens is 4. The average Bonchev–Trinajstić information content (AvgIpc) is 3.22. The zero-order valence-corrected chi connectivity index (χ0v) is 14.5.